The summed E-state index contributed by atoms with van der Waals surface area (Å²) in [5.74, 6) is -0.506. The number of methoxy groups -OCH3 is 1. The van der Waals surface area contributed by atoms with Crippen molar-refractivity contribution in [1.29, 1.82) is 0 Å². The Morgan fingerprint density at radius 1 is 1.08 bits per heavy atom. The number of alkyl halides is 3. The van der Waals surface area contributed by atoms with E-state index in [1.165, 1.54) is 25.2 Å². The van der Waals surface area contributed by atoms with E-state index in [0.717, 1.165) is 57.7 Å². The molecule has 4 N–H and O–H groups in total. The molecule has 0 spiro atoms. The Balaban J connectivity index is 0.000000363. The number of ether oxygens (including phenoxy) is 2. The predicted octanol–water partition coefficient (Wildman–Crippen LogP) is 4.53. The number of anilines is 1. The van der Waals surface area contributed by atoms with Gasteiger partial charge in [-0.25, -0.2) is 9.97 Å². The first-order valence-corrected chi connectivity index (χ1v) is 12.3. The molecule has 0 saturated carbocycles. The van der Waals surface area contributed by atoms with E-state index in [1.807, 2.05) is 7.11 Å². The molecule has 8 nitrogen and oxygen atoms in total. The molecule has 36 heavy (non-hydrogen) atoms. The average Bonchev–Trinajstić information content (AvgIpc) is 2.86. The third-order valence-corrected chi connectivity index (χ3v) is 5.85. The molecule has 0 radical (unpaired) electrons. The molecule has 2 rings (SSSR count). The largest absolute Gasteiger partial charge is 0.416 e. The van der Waals surface area contributed by atoms with Crippen molar-refractivity contribution < 1.29 is 27.4 Å². The molecule has 204 valence electrons. The Hall–Kier alpha value is -2.50. The summed E-state index contributed by atoms with van der Waals surface area (Å²) in [6, 6.07) is 3.11. The lowest BCUT2D eigenvalue weighted by atomic mass is 9.97. The van der Waals surface area contributed by atoms with Crippen LogP contribution in [-0.4, -0.2) is 61.4 Å². The summed E-state index contributed by atoms with van der Waals surface area (Å²) in [6.07, 6.45) is 2.31. The number of hydrogen-bond donors (Lipinski definition) is 3. The van der Waals surface area contributed by atoms with Crippen molar-refractivity contribution in [2.24, 2.45) is 5.73 Å². The maximum Gasteiger partial charge on any atom is 0.416 e. The zero-order valence-corrected chi connectivity index (χ0v) is 21.7. The number of amides is 1. The molecule has 0 aliphatic heterocycles. The monoisotopic (exact) mass is 515 g/mol. The molecule has 11 heteroatoms. The number of carbonyl (C=O) groups is 1. The minimum absolute atomic E-state index is 0.0169. The van der Waals surface area contributed by atoms with Crippen LogP contribution in [0.4, 0.5) is 19.0 Å². The molecule has 0 fully saturated rings. The fraction of sp³-hybridized carbons (Fsp3) is 0.640. The zero-order valence-electron chi connectivity index (χ0n) is 21.7. The topological polar surface area (TPSA) is 111 Å². The molecule has 0 bridgehead atoms. The highest BCUT2D eigenvalue weighted by molar-refractivity contribution is 5.91. The fourth-order valence-corrected chi connectivity index (χ4v) is 3.37. The smallest absolute Gasteiger partial charge is 0.381 e. The van der Waals surface area contributed by atoms with Crippen LogP contribution in [-0.2, 0) is 20.4 Å². The van der Waals surface area contributed by atoms with Crippen molar-refractivity contribution >= 4 is 22.6 Å². The number of primary amides is 1. The lowest BCUT2D eigenvalue weighted by molar-refractivity contribution is -0.137. The van der Waals surface area contributed by atoms with Gasteiger partial charge in [0.2, 0.25) is 5.91 Å². The number of unbranched alkanes of at least 4 members (excludes halogenated alkanes) is 1. The number of nitrogens with zero attached hydrogens (tertiary/aromatic N) is 2. The minimum atomic E-state index is -4.45. The Morgan fingerprint density at radius 2 is 1.78 bits per heavy atom. The first-order valence-electron chi connectivity index (χ1n) is 12.3. The van der Waals surface area contributed by atoms with Gasteiger partial charge in [0.15, 0.2) is 0 Å². The second-order valence-corrected chi connectivity index (χ2v) is 8.36. The van der Waals surface area contributed by atoms with E-state index in [4.69, 9.17) is 15.2 Å². The van der Waals surface area contributed by atoms with Crippen molar-refractivity contribution in [3.05, 3.63) is 30.1 Å². The van der Waals surface area contributed by atoms with E-state index < -0.39 is 17.6 Å². The lowest BCUT2D eigenvalue weighted by Gasteiger charge is -2.30. The van der Waals surface area contributed by atoms with Crippen LogP contribution in [0.2, 0.25) is 0 Å². The number of aromatic nitrogens is 2. The minimum Gasteiger partial charge on any atom is -0.381 e. The van der Waals surface area contributed by atoms with Gasteiger partial charge in [0, 0.05) is 32.3 Å². The third-order valence-electron chi connectivity index (χ3n) is 5.85. The molecular weight excluding hydrogens is 475 g/mol. The van der Waals surface area contributed by atoms with Gasteiger partial charge in [-0.2, -0.15) is 13.2 Å². The van der Waals surface area contributed by atoms with Gasteiger partial charge >= 0.3 is 6.18 Å². The first kappa shape index (κ1) is 31.5. The van der Waals surface area contributed by atoms with Crippen molar-refractivity contribution in [3.63, 3.8) is 0 Å². The summed E-state index contributed by atoms with van der Waals surface area (Å²) >= 11 is 0. The lowest BCUT2D eigenvalue weighted by Crippen LogP contribution is -2.41. The van der Waals surface area contributed by atoms with Gasteiger partial charge in [0.1, 0.15) is 12.1 Å². The van der Waals surface area contributed by atoms with Gasteiger partial charge in [-0.1, -0.05) is 27.2 Å². The summed E-state index contributed by atoms with van der Waals surface area (Å²) in [5, 5.41) is 6.22. The highest BCUT2D eigenvalue weighted by atomic mass is 19.4. The number of hydrogen-bond acceptors (Lipinski definition) is 7. The summed E-state index contributed by atoms with van der Waals surface area (Å²) in [5.41, 5.74) is 4.51. The van der Waals surface area contributed by atoms with Crippen molar-refractivity contribution in [2.75, 3.05) is 45.3 Å². The second kappa shape index (κ2) is 16.3. The fourth-order valence-electron chi connectivity index (χ4n) is 3.37. The third kappa shape index (κ3) is 11.0. The molecular formula is C25H40F3N5O3. The number of nitrogens with two attached hydrogens (primary N) is 1. The van der Waals surface area contributed by atoms with Crippen LogP contribution in [0.3, 0.4) is 0 Å². The van der Waals surface area contributed by atoms with Crippen molar-refractivity contribution in [2.45, 2.75) is 64.7 Å². The molecule has 1 aromatic carbocycles. The van der Waals surface area contributed by atoms with E-state index in [0.29, 0.717) is 5.52 Å². The van der Waals surface area contributed by atoms with E-state index in [2.05, 4.69) is 41.4 Å². The average molecular weight is 516 g/mol. The van der Waals surface area contributed by atoms with Crippen LogP contribution in [0.25, 0.3) is 10.9 Å². The molecule has 0 atom stereocenters. The van der Waals surface area contributed by atoms with E-state index in [1.54, 1.807) is 0 Å². The molecule has 1 amide bonds. The van der Waals surface area contributed by atoms with Gasteiger partial charge < -0.3 is 25.8 Å². The quantitative estimate of drug-likeness (QED) is 0.299. The maximum atomic E-state index is 12.6. The standard InChI is InChI=1S/C14H31NO2.C11H9F3N4O/c1-5-8-11-17-12-9-10-15-13-14(6-2,7-3)16-4;12-11(13,14)6-1-2-8-7(3-6)10(18-5-17-8)16-4-9(15)19/h15H,5-13H2,1-4H3;1-3,5H,4H2,(H2,15,19)(H,16,17,18). The van der Waals surface area contributed by atoms with Gasteiger partial charge in [0.05, 0.1) is 23.2 Å². The SMILES string of the molecule is CCCCOCCCNCC(CC)(CC)OC.NC(=O)CNc1ncnc2ccc(C(F)(F)F)cc12. The molecule has 0 unspecified atom stereocenters. The van der Waals surface area contributed by atoms with Crippen LogP contribution < -0.4 is 16.4 Å². The molecule has 2 aromatic rings. The van der Waals surface area contributed by atoms with Gasteiger partial charge in [0.25, 0.3) is 0 Å². The summed E-state index contributed by atoms with van der Waals surface area (Å²) in [6.45, 7) is 10.1. The molecule has 1 aromatic heterocycles. The first-order chi connectivity index (χ1) is 17.1. The number of benzene rings is 1. The number of nitrogens with one attached hydrogen (secondary N) is 2. The molecule has 0 saturated heterocycles. The summed E-state index contributed by atoms with van der Waals surface area (Å²) in [7, 11) is 1.81. The Bertz CT molecular complexity index is 900. The van der Waals surface area contributed by atoms with Crippen LogP contribution in [0.1, 0.15) is 58.4 Å². The predicted molar refractivity (Wildman–Crippen MR) is 136 cm³/mol. The van der Waals surface area contributed by atoms with Gasteiger partial charge in [-0.05, 0) is 50.4 Å². The number of rotatable bonds is 15. The van der Waals surface area contributed by atoms with Crippen LogP contribution in [0.5, 0.6) is 0 Å². The van der Waals surface area contributed by atoms with Crippen LogP contribution >= 0.6 is 0 Å². The number of halogens is 3. The van der Waals surface area contributed by atoms with Gasteiger partial charge in [-0.3, -0.25) is 4.79 Å². The highest BCUT2D eigenvalue weighted by Gasteiger charge is 2.30. The maximum absolute atomic E-state index is 12.6. The molecule has 0 aliphatic carbocycles. The van der Waals surface area contributed by atoms with E-state index >= 15 is 0 Å². The van der Waals surface area contributed by atoms with Crippen LogP contribution in [0.15, 0.2) is 24.5 Å². The summed E-state index contributed by atoms with van der Waals surface area (Å²) in [4.78, 5) is 18.3. The van der Waals surface area contributed by atoms with Crippen molar-refractivity contribution in [1.82, 2.24) is 15.3 Å². The Kier molecular flexibility index (Phi) is 14.3. The Labute approximate surface area is 211 Å². The second-order valence-electron chi connectivity index (χ2n) is 8.36. The van der Waals surface area contributed by atoms with E-state index in [9.17, 15) is 18.0 Å². The van der Waals surface area contributed by atoms with Crippen molar-refractivity contribution in [3.8, 4) is 0 Å². The molecule has 0 aliphatic rings. The van der Waals surface area contributed by atoms with Crippen LogP contribution in [0, 0.1) is 0 Å². The highest BCUT2D eigenvalue weighted by Crippen LogP contribution is 2.32. The number of fused-ring (bicyclic) bond motifs is 1. The Morgan fingerprint density at radius 3 is 2.36 bits per heavy atom. The summed E-state index contributed by atoms with van der Waals surface area (Å²) < 4.78 is 49.0. The number of carbonyl (C=O) groups excluding carboxylic acids is 1. The normalized spacial score (nSPS) is 11.8. The van der Waals surface area contributed by atoms with Gasteiger partial charge in [-0.15, -0.1) is 0 Å². The molecule has 1 heterocycles. The zero-order chi connectivity index (χ0) is 27.0. The van der Waals surface area contributed by atoms with E-state index in [-0.39, 0.29) is 23.3 Å².